The Bertz CT molecular complexity index is 694. The summed E-state index contributed by atoms with van der Waals surface area (Å²) in [4.78, 5) is 11.9. The molecule has 2 aromatic rings. The lowest BCUT2D eigenvalue weighted by Crippen LogP contribution is -2.32. The molecule has 0 aliphatic carbocycles. The van der Waals surface area contributed by atoms with Crippen LogP contribution in [0.1, 0.15) is 0 Å². The van der Waals surface area contributed by atoms with E-state index in [0.717, 1.165) is 10.2 Å². The van der Waals surface area contributed by atoms with Crippen molar-refractivity contribution in [1.29, 1.82) is 0 Å². The molecule has 2 rings (SSSR count). The molecule has 24 heavy (non-hydrogen) atoms. The highest BCUT2D eigenvalue weighted by Gasteiger charge is 2.08. The van der Waals surface area contributed by atoms with Gasteiger partial charge in [-0.25, -0.2) is 4.79 Å². The highest BCUT2D eigenvalue weighted by Crippen LogP contribution is 2.28. The topological polar surface area (TPSA) is 68.8 Å². The standard InChI is InChI=1S/C17H19BrN2O4/c1-22-12-7-8-14(16(11-12)23-2)20-17(21)19-9-10-24-15-6-4-3-5-13(15)18/h3-8,11H,9-10H2,1-2H3,(H2,19,20,21). The normalized spacial score (nSPS) is 9.96. The van der Waals surface area contributed by atoms with Gasteiger partial charge in [-0.2, -0.15) is 0 Å². The molecular weight excluding hydrogens is 376 g/mol. The lowest BCUT2D eigenvalue weighted by atomic mass is 10.2. The number of anilines is 1. The van der Waals surface area contributed by atoms with Gasteiger partial charge in [-0.1, -0.05) is 12.1 Å². The van der Waals surface area contributed by atoms with Crippen molar-refractivity contribution in [3.05, 3.63) is 46.9 Å². The number of methoxy groups -OCH3 is 2. The number of ether oxygens (including phenoxy) is 3. The van der Waals surface area contributed by atoms with Crippen LogP contribution in [0.4, 0.5) is 10.5 Å². The predicted octanol–water partition coefficient (Wildman–Crippen LogP) is 3.67. The Morgan fingerprint density at radius 3 is 2.58 bits per heavy atom. The first-order valence-electron chi connectivity index (χ1n) is 7.28. The summed E-state index contributed by atoms with van der Waals surface area (Å²) in [6.45, 7) is 0.724. The molecule has 0 radical (unpaired) electrons. The number of para-hydroxylation sites is 1. The van der Waals surface area contributed by atoms with E-state index in [2.05, 4.69) is 26.6 Å². The quantitative estimate of drug-likeness (QED) is 0.702. The van der Waals surface area contributed by atoms with E-state index in [-0.39, 0.29) is 6.03 Å². The monoisotopic (exact) mass is 394 g/mol. The van der Waals surface area contributed by atoms with Crippen molar-refractivity contribution in [2.75, 3.05) is 32.7 Å². The molecular formula is C17H19BrN2O4. The Kier molecular flexibility index (Phi) is 6.74. The number of hydrogen-bond donors (Lipinski definition) is 2. The molecule has 7 heteroatoms. The third-order valence-corrected chi connectivity index (χ3v) is 3.79. The van der Waals surface area contributed by atoms with Crippen molar-refractivity contribution in [2.24, 2.45) is 0 Å². The van der Waals surface area contributed by atoms with Gasteiger partial charge >= 0.3 is 6.03 Å². The number of amides is 2. The van der Waals surface area contributed by atoms with E-state index in [0.29, 0.717) is 30.3 Å². The van der Waals surface area contributed by atoms with Crippen LogP contribution in [0, 0.1) is 0 Å². The van der Waals surface area contributed by atoms with Crippen LogP contribution >= 0.6 is 15.9 Å². The maximum atomic E-state index is 11.9. The summed E-state index contributed by atoms with van der Waals surface area (Å²) < 4.78 is 16.8. The number of rotatable bonds is 7. The Morgan fingerprint density at radius 1 is 1.08 bits per heavy atom. The van der Waals surface area contributed by atoms with E-state index < -0.39 is 0 Å². The minimum atomic E-state index is -0.339. The molecule has 0 heterocycles. The number of carbonyl (C=O) groups excluding carboxylic acids is 1. The third-order valence-electron chi connectivity index (χ3n) is 3.14. The van der Waals surface area contributed by atoms with Crippen LogP contribution in [0.2, 0.25) is 0 Å². The molecule has 0 aliphatic heterocycles. The fourth-order valence-corrected chi connectivity index (χ4v) is 2.35. The molecule has 0 aliphatic rings. The first-order chi connectivity index (χ1) is 11.6. The maximum Gasteiger partial charge on any atom is 0.319 e. The number of benzene rings is 2. The Morgan fingerprint density at radius 2 is 1.88 bits per heavy atom. The SMILES string of the molecule is COc1ccc(NC(=O)NCCOc2ccccc2Br)c(OC)c1. The summed E-state index contributed by atoms with van der Waals surface area (Å²) in [5.74, 6) is 1.91. The van der Waals surface area contributed by atoms with Crippen LogP contribution in [0.5, 0.6) is 17.2 Å². The summed E-state index contributed by atoms with van der Waals surface area (Å²) >= 11 is 3.40. The van der Waals surface area contributed by atoms with Crippen molar-refractivity contribution >= 4 is 27.6 Å². The number of carbonyl (C=O) groups is 1. The zero-order valence-electron chi connectivity index (χ0n) is 13.5. The van der Waals surface area contributed by atoms with E-state index in [9.17, 15) is 4.79 Å². The van der Waals surface area contributed by atoms with E-state index >= 15 is 0 Å². The minimum Gasteiger partial charge on any atom is -0.497 e. The van der Waals surface area contributed by atoms with Gasteiger partial charge in [0.15, 0.2) is 0 Å². The fourth-order valence-electron chi connectivity index (χ4n) is 1.96. The summed E-state index contributed by atoms with van der Waals surface area (Å²) in [5.41, 5.74) is 0.558. The molecule has 6 nitrogen and oxygen atoms in total. The van der Waals surface area contributed by atoms with Gasteiger partial charge in [-0.15, -0.1) is 0 Å². The maximum absolute atomic E-state index is 11.9. The molecule has 2 amide bonds. The van der Waals surface area contributed by atoms with Crippen LogP contribution in [0.3, 0.4) is 0 Å². The van der Waals surface area contributed by atoms with Crippen molar-refractivity contribution < 1.29 is 19.0 Å². The Labute approximate surface area is 149 Å². The Hall–Kier alpha value is -2.41. The number of halogens is 1. The second-order valence-electron chi connectivity index (χ2n) is 4.73. The van der Waals surface area contributed by atoms with Crippen molar-refractivity contribution in [2.45, 2.75) is 0 Å². The van der Waals surface area contributed by atoms with Gasteiger partial charge in [-0.3, -0.25) is 0 Å². The van der Waals surface area contributed by atoms with Gasteiger partial charge in [0.05, 0.1) is 30.9 Å². The third kappa shape index (κ3) is 5.06. The molecule has 0 bridgehead atoms. The molecule has 128 valence electrons. The molecule has 0 unspecified atom stereocenters. The molecule has 0 saturated heterocycles. The van der Waals surface area contributed by atoms with Crippen LogP contribution < -0.4 is 24.8 Å². The molecule has 2 aromatic carbocycles. The van der Waals surface area contributed by atoms with Crippen LogP contribution in [-0.2, 0) is 0 Å². The Balaban J connectivity index is 1.80. The van der Waals surface area contributed by atoms with Gasteiger partial charge in [0.1, 0.15) is 23.9 Å². The summed E-state index contributed by atoms with van der Waals surface area (Å²) in [6.07, 6.45) is 0. The van der Waals surface area contributed by atoms with Gasteiger partial charge in [0.2, 0.25) is 0 Å². The largest absolute Gasteiger partial charge is 0.497 e. The molecule has 0 aromatic heterocycles. The lowest BCUT2D eigenvalue weighted by Gasteiger charge is -2.13. The number of hydrogen-bond acceptors (Lipinski definition) is 4. The summed E-state index contributed by atoms with van der Waals surface area (Å²) in [5, 5.41) is 5.45. The van der Waals surface area contributed by atoms with Crippen molar-refractivity contribution in [1.82, 2.24) is 5.32 Å². The molecule has 2 N–H and O–H groups in total. The van der Waals surface area contributed by atoms with Gasteiger partial charge in [0, 0.05) is 6.07 Å². The zero-order valence-corrected chi connectivity index (χ0v) is 15.1. The van der Waals surface area contributed by atoms with Crippen LogP contribution in [0.15, 0.2) is 46.9 Å². The van der Waals surface area contributed by atoms with E-state index in [1.54, 1.807) is 25.3 Å². The molecule has 0 fully saturated rings. The van der Waals surface area contributed by atoms with Gasteiger partial charge < -0.3 is 24.8 Å². The highest BCUT2D eigenvalue weighted by molar-refractivity contribution is 9.10. The van der Waals surface area contributed by atoms with Crippen LogP contribution in [-0.4, -0.2) is 33.4 Å². The smallest absolute Gasteiger partial charge is 0.319 e. The summed E-state index contributed by atoms with van der Waals surface area (Å²) in [7, 11) is 3.10. The van der Waals surface area contributed by atoms with Gasteiger partial charge in [0.25, 0.3) is 0 Å². The highest BCUT2D eigenvalue weighted by atomic mass is 79.9. The average Bonchev–Trinajstić information content (AvgIpc) is 2.60. The van der Waals surface area contributed by atoms with Crippen molar-refractivity contribution in [3.63, 3.8) is 0 Å². The van der Waals surface area contributed by atoms with E-state index in [4.69, 9.17) is 14.2 Å². The number of nitrogens with one attached hydrogen (secondary N) is 2. The minimum absolute atomic E-state index is 0.339. The second kappa shape index (κ2) is 9.02. The van der Waals surface area contributed by atoms with Crippen molar-refractivity contribution in [3.8, 4) is 17.2 Å². The summed E-state index contributed by atoms with van der Waals surface area (Å²) in [6, 6.07) is 12.4. The first kappa shape index (κ1) is 17.9. The van der Waals surface area contributed by atoms with Crippen LogP contribution in [0.25, 0.3) is 0 Å². The van der Waals surface area contributed by atoms with E-state index in [1.807, 2.05) is 24.3 Å². The molecule has 0 spiro atoms. The predicted molar refractivity (Wildman–Crippen MR) is 96.2 cm³/mol. The fraction of sp³-hybridized carbons (Fsp3) is 0.235. The van der Waals surface area contributed by atoms with Gasteiger partial charge in [-0.05, 0) is 40.2 Å². The zero-order chi connectivity index (χ0) is 17.4. The molecule has 0 saturated carbocycles. The lowest BCUT2D eigenvalue weighted by molar-refractivity contribution is 0.247. The van der Waals surface area contributed by atoms with E-state index in [1.165, 1.54) is 7.11 Å². The molecule has 0 atom stereocenters. The average molecular weight is 395 g/mol. The first-order valence-corrected chi connectivity index (χ1v) is 8.07. The second-order valence-corrected chi connectivity index (χ2v) is 5.58. The number of urea groups is 1.